The molecule has 1 aromatic rings. The molecule has 0 aliphatic rings. The molecule has 1 rings (SSSR count). The maximum Gasteiger partial charge on any atom is 0.230 e. The zero-order valence-corrected chi connectivity index (χ0v) is 13.3. The van der Waals surface area contributed by atoms with Gasteiger partial charge >= 0.3 is 0 Å². The van der Waals surface area contributed by atoms with Gasteiger partial charge in [0.25, 0.3) is 0 Å². The van der Waals surface area contributed by atoms with E-state index in [9.17, 15) is 4.79 Å². The minimum Gasteiger partial charge on any atom is -0.353 e. The van der Waals surface area contributed by atoms with E-state index in [4.69, 9.17) is 0 Å². The van der Waals surface area contributed by atoms with Crippen LogP contribution in [0.4, 0.5) is 0 Å². The molecule has 0 fully saturated rings. The fraction of sp³-hybridized carbons (Fsp3) is 0.500. The molecule has 0 heterocycles. The van der Waals surface area contributed by atoms with Crippen molar-refractivity contribution in [1.29, 1.82) is 0 Å². The molecular formula is C14H20BrNOS. The Morgan fingerprint density at radius 1 is 1.28 bits per heavy atom. The smallest absolute Gasteiger partial charge is 0.230 e. The minimum absolute atomic E-state index is 0.144. The van der Waals surface area contributed by atoms with Crippen LogP contribution in [0.2, 0.25) is 0 Å². The summed E-state index contributed by atoms with van der Waals surface area (Å²) in [7, 11) is 0. The van der Waals surface area contributed by atoms with Crippen LogP contribution in [0, 0.1) is 0 Å². The lowest BCUT2D eigenvalue weighted by atomic mass is 10.2. The summed E-state index contributed by atoms with van der Waals surface area (Å²) in [6.45, 7) is 4.20. The Kier molecular flexibility index (Phi) is 7.44. The van der Waals surface area contributed by atoms with Crippen molar-refractivity contribution in [2.24, 2.45) is 0 Å². The van der Waals surface area contributed by atoms with Gasteiger partial charge < -0.3 is 5.32 Å². The van der Waals surface area contributed by atoms with Crippen molar-refractivity contribution in [3.8, 4) is 0 Å². The van der Waals surface area contributed by atoms with E-state index >= 15 is 0 Å². The highest BCUT2D eigenvalue weighted by Crippen LogP contribution is 2.15. The monoisotopic (exact) mass is 329 g/mol. The average molecular weight is 330 g/mol. The van der Waals surface area contributed by atoms with E-state index in [2.05, 4.69) is 47.2 Å². The zero-order chi connectivity index (χ0) is 13.4. The lowest BCUT2D eigenvalue weighted by Crippen LogP contribution is -2.35. The predicted octanol–water partition coefficient (Wildman–Crippen LogP) is 3.99. The number of carbonyl (C=O) groups is 1. The molecule has 0 saturated heterocycles. The number of rotatable bonds is 7. The molecule has 0 radical (unpaired) electrons. The molecule has 4 heteroatoms. The molecule has 1 aromatic carbocycles. The molecule has 100 valence electrons. The molecule has 0 spiro atoms. The van der Waals surface area contributed by atoms with Gasteiger partial charge in [0, 0.05) is 16.3 Å². The highest BCUT2D eigenvalue weighted by molar-refractivity contribution is 9.10. The molecule has 1 N–H and O–H groups in total. The first-order valence-electron chi connectivity index (χ1n) is 6.27. The summed E-state index contributed by atoms with van der Waals surface area (Å²) in [4.78, 5) is 11.7. The second-order valence-electron chi connectivity index (χ2n) is 4.20. The first-order chi connectivity index (χ1) is 8.65. The van der Waals surface area contributed by atoms with Gasteiger partial charge in [0.2, 0.25) is 5.91 Å². The Balaban J connectivity index is 2.25. The lowest BCUT2D eigenvalue weighted by Gasteiger charge is -2.14. The van der Waals surface area contributed by atoms with E-state index in [-0.39, 0.29) is 5.91 Å². The standard InChI is InChI=1S/C14H20BrNOS/c1-3-13(4-2)16-14(17)10-18-9-11-5-7-12(15)8-6-11/h5-8,13H,3-4,9-10H2,1-2H3,(H,16,17). The van der Waals surface area contributed by atoms with Crippen LogP contribution < -0.4 is 5.32 Å². The number of amides is 1. The summed E-state index contributed by atoms with van der Waals surface area (Å²) in [6, 6.07) is 8.54. The van der Waals surface area contributed by atoms with Crippen molar-refractivity contribution in [3.63, 3.8) is 0 Å². The van der Waals surface area contributed by atoms with Crippen LogP contribution in [0.1, 0.15) is 32.3 Å². The van der Waals surface area contributed by atoms with Crippen LogP contribution in [0.15, 0.2) is 28.7 Å². The Labute approximate surface area is 122 Å². The van der Waals surface area contributed by atoms with Crippen LogP contribution in [0.5, 0.6) is 0 Å². The number of hydrogen-bond acceptors (Lipinski definition) is 2. The van der Waals surface area contributed by atoms with Gasteiger partial charge in [0.05, 0.1) is 5.75 Å². The maximum absolute atomic E-state index is 11.7. The third-order valence-electron chi connectivity index (χ3n) is 2.77. The van der Waals surface area contributed by atoms with E-state index in [1.54, 1.807) is 11.8 Å². The number of thioether (sulfide) groups is 1. The van der Waals surface area contributed by atoms with Gasteiger partial charge in [0.15, 0.2) is 0 Å². The fourth-order valence-electron chi connectivity index (χ4n) is 1.60. The molecule has 0 aliphatic carbocycles. The summed E-state index contributed by atoms with van der Waals surface area (Å²) in [6.07, 6.45) is 2.00. The van der Waals surface area contributed by atoms with Crippen LogP contribution in [0.3, 0.4) is 0 Å². The third kappa shape index (κ3) is 5.91. The normalized spacial score (nSPS) is 10.7. The van der Waals surface area contributed by atoms with Gasteiger partial charge in [-0.1, -0.05) is 41.9 Å². The summed E-state index contributed by atoms with van der Waals surface area (Å²) in [5, 5.41) is 3.04. The number of carbonyl (C=O) groups excluding carboxylic acids is 1. The van der Waals surface area contributed by atoms with Gasteiger partial charge in [0.1, 0.15) is 0 Å². The van der Waals surface area contributed by atoms with Crippen molar-refractivity contribution < 1.29 is 4.79 Å². The van der Waals surface area contributed by atoms with Gasteiger partial charge in [-0.05, 0) is 30.5 Å². The molecule has 2 nitrogen and oxygen atoms in total. The average Bonchev–Trinajstić information content (AvgIpc) is 2.38. The highest BCUT2D eigenvalue weighted by Gasteiger charge is 2.07. The molecule has 0 unspecified atom stereocenters. The molecule has 1 amide bonds. The van der Waals surface area contributed by atoms with E-state index in [1.165, 1.54) is 5.56 Å². The molecule has 0 aliphatic heterocycles. The number of hydrogen-bond donors (Lipinski definition) is 1. The van der Waals surface area contributed by atoms with Crippen LogP contribution in [0.25, 0.3) is 0 Å². The Morgan fingerprint density at radius 2 is 1.89 bits per heavy atom. The Morgan fingerprint density at radius 3 is 2.44 bits per heavy atom. The molecule has 18 heavy (non-hydrogen) atoms. The quantitative estimate of drug-likeness (QED) is 0.819. The first-order valence-corrected chi connectivity index (χ1v) is 8.22. The van der Waals surface area contributed by atoms with Crippen molar-refractivity contribution in [3.05, 3.63) is 34.3 Å². The van der Waals surface area contributed by atoms with Crippen LogP contribution >= 0.6 is 27.7 Å². The third-order valence-corrected chi connectivity index (χ3v) is 4.30. The summed E-state index contributed by atoms with van der Waals surface area (Å²) in [5.41, 5.74) is 1.25. The molecule has 0 atom stereocenters. The largest absolute Gasteiger partial charge is 0.353 e. The number of nitrogens with one attached hydrogen (secondary N) is 1. The second-order valence-corrected chi connectivity index (χ2v) is 6.10. The zero-order valence-electron chi connectivity index (χ0n) is 10.9. The molecule has 0 saturated carbocycles. The summed E-state index contributed by atoms with van der Waals surface area (Å²) < 4.78 is 1.09. The summed E-state index contributed by atoms with van der Waals surface area (Å²) >= 11 is 5.06. The van der Waals surface area contributed by atoms with Crippen LogP contribution in [-0.2, 0) is 10.5 Å². The van der Waals surface area contributed by atoms with Gasteiger partial charge in [-0.2, -0.15) is 0 Å². The second kappa shape index (κ2) is 8.59. The SMILES string of the molecule is CCC(CC)NC(=O)CSCc1ccc(Br)cc1. The summed E-state index contributed by atoms with van der Waals surface area (Å²) in [5.74, 6) is 1.56. The van der Waals surface area contributed by atoms with E-state index in [0.717, 1.165) is 23.1 Å². The number of halogens is 1. The van der Waals surface area contributed by atoms with Crippen molar-refractivity contribution in [2.75, 3.05) is 5.75 Å². The van der Waals surface area contributed by atoms with Gasteiger partial charge in [-0.15, -0.1) is 11.8 Å². The molecule has 0 aromatic heterocycles. The van der Waals surface area contributed by atoms with E-state index in [0.29, 0.717) is 11.8 Å². The first kappa shape index (κ1) is 15.6. The van der Waals surface area contributed by atoms with Crippen molar-refractivity contribution in [1.82, 2.24) is 5.32 Å². The fourth-order valence-corrected chi connectivity index (χ4v) is 2.67. The van der Waals surface area contributed by atoms with Gasteiger partial charge in [-0.3, -0.25) is 4.79 Å². The predicted molar refractivity (Wildman–Crippen MR) is 82.8 cm³/mol. The topological polar surface area (TPSA) is 29.1 Å². The maximum atomic E-state index is 11.7. The highest BCUT2D eigenvalue weighted by atomic mass is 79.9. The lowest BCUT2D eigenvalue weighted by molar-refractivity contribution is -0.119. The molecular weight excluding hydrogens is 310 g/mol. The van der Waals surface area contributed by atoms with Gasteiger partial charge in [-0.25, -0.2) is 0 Å². The van der Waals surface area contributed by atoms with E-state index in [1.807, 2.05) is 12.1 Å². The Hall–Kier alpha value is -0.480. The minimum atomic E-state index is 0.144. The van der Waals surface area contributed by atoms with Crippen LogP contribution in [-0.4, -0.2) is 17.7 Å². The van der Waals surface area contributed by atoms with Crippen molar-refractivity contribution >= 4 is 33.6 Å². The number of benzene rings is 1. The van der Waals surface area contributed by atoms with E-state index < -0.39 is 0 Å². The Bertz CT molecular complexity index is 363. The van der Waals surface area contributed by atoms with Crippen molar-refractivity contribution in [2.45, 2.75) is 38.5 Å². The molecule has 0 bridgehead atoms.